The van der Waals surface area contributed by atoms with Crippen LogP contribution in [0.4, 0.5) is 5.82 Å². The van der Waals surface area contributed by atoms with Crippen LogP contribution >= 0.6 is 11.8 Å². The fraction of sp³-hybridized carbons (Fsp3) is 0.440. The van der Waals surface area contributed by atoms with Crippen LogP contribution in [0.2, 0.25) is 0 Å². The third kappa shape index (κ3) is 5.25. The number of carbonyl (C=O) groups excluding carboxylic acids is 1. The maximum atomic E-state index is 11.6. The number of rotatable bonds is 7. The Bertz CT molecular complexity index is 1220. The standard InChI is InChI=1S/C25H30N6O3S/c1-34-21-9-7-18-23(31-21)17(10-11-27-18)24(33)22(26)14-2-4-15(5-3-14)28-12-16-6-8-19-25(29-16)30-20(32)13-35-19/h6-11,14-15,22,24,28,33H,2-5,12-13,26H2,1H3,(H,29,30,32)/t14?,15?,22-,24-/m1/s1. The molecule has 1 aliphatic heterocycles. The molecule has 184 valence electrons. The molecular weight excluding hydrogens is 464 g/mol. The van der Waals surface area contributed by atoms with Crippen molar-refractivity contribution in [2.75, 3.05) is 18.2 Å². The van der Waals surface area contributed by atoms with E-state index >= 15 is 0 Å². The molecule has 35 heavy (non-hydrogen) atoms. The Morgan fingerprint density at radius 1 is 1.20 bits per heavy atom. The summed E-state index contributed by atoms with van der Waals surface area (Å²) in [5, 5.41) is 17.6. The second-order valence-electron chi connectivity index (χ2n) is 9.12. The van der Waals surface area contributed by atoms with Gasteiger partial charge in [0.1, 0.15) is 5.82 Å². The lowest BCUT2D eigenvalue weighted by molar-refractivity contribution is -0.113. The number of aromatic nitrogens is 3. The summed E-state index contributed by atoms with van der Waals surface area (Å²) in [7, 11) is 1.57. The molecule has 3 aromatic rings. The average molecular weight is 495 g/mol. The minimum Gasteiger partial charge on any atom is -0.481 e. The number of methoxy groups -OCH3 is 1. The number of thioether (sulfide) groups is 1. The van der Waals surface area contributed by atoms with Gasteiger partial charge in [-0.05, 0) is 55.9 Å². The second-order valence-corrected chi connectivity index (χ2v) is 10.1. The number of aliphatic hydroxyl groups is 1. The van der Waals surface area contributed by atoms with Gasteiger partial charge in [-0.25, -0.2) is 9.97 Å². The summed E-state index contributed by atoms with van der Waals surface area (Å²) in [5.74, 6) is 1.78. The number of carbonyl (C=O) groups is 1. The average Bonchev–Trinajstić information content (AvgIpc) is 2.90. The summed E-state index contributed by atoms with van der Waals surface area (Å²) in [6, 6.07) is 9.39. The van der Waals surface area contributed by atoms with Crippen LogP contribution in [0.15, 0.2) is 41.4 Å². The molecule has 1 aliphatic carbocycles. The Labute approximate surface area is 208 Å². The highest BCUT2D eigenvalue weighted by atomic mass is 32.2. The number of hydrogen-bond acceptors (Lipinski definition) is 9. The van der Waals surface area contributed by atoms with Crippen LogP contribution in [-0.2, 0) is 11.3 Å². The van der Waals surface area contributed by atoms with Crippen molar-refractivity contribution in [1.82, 2.24) is 20.3 Å². The Kier molecular flexibility index (Phi) is 7.14. The number of ether oxygens (including phenoxy) is 1. The van der Waals surface area contributed by atoms with E-state index in [0.717, 1.165) is 36.3 Å². The van der Waals surface area contributed by atoms with E-state index in [9.17, 15) is 9.90 Å². The maximum absolute atomic E-state index is 11.6. The smallest absolute Gasteiger partial charge is 0.235 e. The van der Waals surface area contributed by atoms with Gasteiger partial charge in [0.25, 0.3) is 0 Å². The van der Waals surface area contributed by atoms with Crippen LogP contribution in [0.3, 0.4) is 0 Å². The van der Waals surface area contributed by atoms with Gasteiger partial charge in [-0.1, -0.05) is 0 Å². The molecular formula is C25H30N6O3S. The minimum atomic E-state index is -0.831. The Morgan fingerprint density at radius 2 is 2.03 bits per heavy atom. The second kappa shape index (κ2) is 10.4. The van der Waals surface area contributed by atoms with Gasteiger partial charge in [-0.2, -0.15) is 0 Å². The summed E-state index contributed by atoms with van der Waals surface area (Å²) in [4.78, 5) is 26.1. The predicted octanol–water partition coefficient (Wildman–Crippen LogP) is 2.79. The fourth-order valence-electron chi connectivity index (χ4n) is 4.90. The number of nitrogens with zero attached hydrogens (tertiary/aromatic N) is 3. The summed E-state index contributed by atoms with van der Waals surface area (Å²) >= 11 is 1.52. The highest BCUT2D eigenvalue weighted by molar-refractivity contribution is 8.00. The van der Waals surface area contributed by atoms with E-state index in [0.29, 0.717) is 46.6 Å². The third-order valence-electron chi connectivity index (χ3n) is 6.90. The van der Waals surface area contributed by atoms with Crippen LogP contribution in [0.5, 0.6) is 5.88 Å². The van der Waals surface area contributed by atoms with Gasteiger partial charge in [0.2, 0.25) is 11.8 Å². The van der Waals surface area contributed by atoms with Gasteiger partial charge in [0, 0.05) is 36.5 Å². The zero-order valence-electron chi connectivity index (χ0n) is 19.6. The van der Waals surface area contributed by atoms with Crippen molar-refractivity contribution in [2.24, 2.45) is 11.7 Å². The third-order valence-corrected chi connectivity index (χ3v) is 7.95. The molecule has 9 nitrogen and oxygen atoms in total. The largest absolute Gasteiger partial charge is 0.481 e. The van der Waals surface area contributed by atoms with Crippen LogP contribution in [0, 0.1) is 5.92 Å². The van der Waals surface area contributed by atoms with Crippen LogP contribution < -0.4 is 21.1 Å². The molecule has 1 amide bonds. The molecule has 0 bridgehead atoms. The molecule has 1 fully saturated rings. The van der Waals surface area contributed by atoms with Crippen LogP contribution in [-0.4, -0.2) is 50.9 Å². The summed E-state index contributed by atoms with van der Waals surface area (Å²) in [5.41, 5.74) is 9.50. The number of nitrogens with two attached hydrogens (primary N) is 1. The molecule has 3 aromatic heterocycles. The first kappa shape index (κ1) is 23.9. The molecule has 0 aromatic carbocycles. The zero-order chi connectivity index (χ0) is 24.4. The molecule has 0 spiro atoms. The number of pyridine rings is 3. The molecule has 1 saturated carbocycles. The molecule has 0 saturated heterocycles. The van der Waals surface area contributed by atoms with Gasteiger partial charge in [0.05, 0.1) is 40.6 Å². The van der Waals surface area contributed by atoms with Crippen molar-refractivity contribution in [3.63, 3.8) is 0 Å². The highest BCUT2D eigenvalue weighted by Crippen LogP contribution is 2.34. The molecule has 5 rings (SSSR count). The van der Waals surface area contributed by atoms with E-state index in [4.69, 9.17) is 10.5 Å². The first-order chi connectivity index (χ1) is 17.0. The Balaban J connectivity index is 1.17. The maximum Gasteiger partial charge on any atom is 0.235 e. The normalized spacial score (nSPS) is 21.7. The molecule has 5 N–H and O–H groups in total. The quantitative estimate of drug-likeness (QED) is 0.391. The zero-order valence-corrected chi connectivity index (χ0v) is 20.4. The van der Waals surface area contributed by atoms with Crippen LogP contribution in [0.25, 0.3) is 11.0 Å². The van der Waals surface area contributed by atoms with Gasteiger partial charge in [0.15, 0.2) is 0 Å². The number of amides is 1. The molecule has 4 heterocycles. The monoisotopic (exact) mass is 494 g/mol. The lowest BCUT2D eigenvalue weighted by atomic mass is 9.79. The van der Waals surface area contributed by atoms with Gasteiger partial charge < -0.3 is 26.2 Å². The van der Waals surface area contributed by atoms with Crippen molar-refractivity contribution in [3.8, 4) is 5.88 Å². The summed E-state index contributed by atoms with van der Waals surface area (Å²) in [6.45, 7) is 0.647. The van der Waals surface area contributed by atoms with E-state index in [2.05, 4.69) is 25.6 Å². The van der Waals surface area contributed by atoms with E-state index in [1.807, 2.05) is 18.2 Å². The molecule has 10 heteroatoms. The summed E-state index contributed by atoms with van der Waals surface area (Å²) in [6.07, 6.45) is 4.67. The number of aliphatic hydroxyl groups excluding tert-OH is 1. The van der Waals surface area contributed by atoms with E-state index < -0.39 is 12.1 Å². The molecule has 2 atom stereocenters. The van der Waals surface area contributed by atoms with Crippen molar-refractivity contribution in [2.45, 2.75) is 55.3 Å². The lowest BCUT2D eigenvalue weighted by Gasteiger charge is -2.34. The topological polar surface area (TPSA) is 135 Å². The minimum absolute atomic E-state index is 0.00774. The number of fused-ring (bicyclic) bond motifs is 2. The van der Waals surface area contributed by atoms with Crippen molar-refractivity contribution in [1.29, 1.82) is 0 Å². The molecule has 0 radical (unpaired) electrons. The lowest BCUT2D eigenvalue weighted by Crippen LogP contribution is -2.41. The summed E-state index contributed by atoms with van der Waals surface area (Å²) < 4.78 is 5.25. The first-order valence-electron chi connectivity index (χ1n) is 11.9. The van der Waals surface area contributed by atoms with Crippen LogP contribution in [0.1, 0.15) is 43.0 Å². The number of hydrogen-bond donors (Lipinski definition) is 4. The van der Waals surface area contributed by atoms with Crippen molar-refractivity contribution in [3.05, 3.63) is 47.8 Å². The van der Waals surface area contributed by atoms with Gasteiger partial charge >= 0.3 is 0 Å². The molecule has 2 aliphatic rings. The highest BCUT2D eigenvalue weighted by Gasteiger charge is 2.31. The Hall–Kier alpha value is -2.79. The first-order valence-corrected chi connectivity index (χ1v) is 12.9. The van der Waals surface area contributed by atoms with Crippen molar-refractivity contribution >= 4 is 34.5 Å². The van der Waals surface area contributed by atoms with E-state index in [1.165, 1.54) is 11.8 Å². The Morgan fingerprint density at radius 3 is 2.83 bits per heavy atom. The SMILES string of the molecule is COc1ccc2nccc([C@@H](O)[C@H](N)C3CCC(NCc4ccc5c(n4)NC(=O)CS5)CC3)c2n1. The number of nitrogens with one attached hydrogen (secondary N) is 2. The van der Waals surface area contributed by atoms with Crippen molar-refractivity contribution < 1.29 is 14.6 Å². The fourth-order valence-corrected chi connectivity index (χ4v) is 5.66. The van der Waals surface area contributed by atoms with E-state index in [1.54, 1.807) is 25.4 Å². The van der Waals surface area contributed by atoms with Gasteiger partial charge in [-0.3, -0.25) is 9.78 Å². The molecule has 0 unspecified atom stereocenters. The van der Waals surface area contributed by atoms with E-state index in [-0.39, 0.29) is 11.8 Å². The van der Waals surface area contributed by atoms with Gasteiger partial charge in [-0.15, -0.1) is 11.8 Å². The number of anilines is 1. The predicted molar refractivity (Wildman–Crippen MR) is 135 cm³/mol.